The number of carbonyl (C=O) groups is 1. The number of ether oxygens (including phenoxy) is 1. The zero-order valence-corrected chi connectivity index (χ0v) is 15.4. The molecule has 0 saturated heterocycles. The Morgan fingerprint density at radius 3 is 2.60 bits per heavy atom. The van der Waals surface area contributed by atoms with Crippen LogP contribution >= 0.6 is 34.5 Å². The highest BCUT2D eigenvalue weighted by atomic mass is 35.5. The first-order valence-corrected chi connectivity index (χ1v) is 8.62. The lowest BCUT2D eigenvalue weighted by molar-refractivity contribution is -0.136. The highest BCUT2D eigenvalue weighted by Gasteiger charge is 2.37. The van der Waals surface area contributed by atoms with Crippen molar-refractivity contribution < 1.29 is 22.7 Å². The monoisotopic (exact) mass is 412 g/mol. The number of halogens is 5. The van der Waals surface area contributed by atoms with Gasteiger partial charge in [-0.05, 0) is 32.0 Å². The molecule has 1 atom stereocenters. The third kappa shape index (κ3) is 5.49. The fraction of sp³-hybridized carbons (Fsp3) is 0.333. The first-order valence-electron chi connectivity index (χ1n) is 6.99. The maximum atomic E-state index is 12.9. The Morgan fingerprint density at radius 1 is 1.40 bits per heavy atom. The quantitative estimate of drug-likeness (QED) is 0.684. The van der Waals surface area contributed by atoms with E-state index in [1.165, 1.54) is 25.1 Å². The number of rotatable bonds is 5. The third-order valence-corrected chi connectivity index (χ3v) is 4.50. The fourth-order valence-electron chi connectivity index (χ4n) is 1.92. The molecule has 0 saturated carbocycles. The molecule has 4 nitrogen and oxygen atoms in total. The molecule has 0 radical (unpaired) electrons. The summed E-state index contributed by atoms with van der Waals surface area (Å²) >= 11 is 12.7. The Hall–Kier alpha value is -1.51. The van der Waals surface area contributed by atoms with Crippen LogP contribution in [-0.4, -0.2) is 29.7 Å². The van der Waals surface area contributed by atoms with Crippen LogP contribution in [0.4, 0.5) is 18.3 Å². The molecule has 1 unspecified atom stereocenters. The molecule has 1 aromatic heterocycles. The first-order chi connectivity index (χ1) is 11.6. The molecule has 2 rings (SSSR count). The van der Waals surface area contributed by atoms with Gasteiger partial charge in [-0.3, -0.25) is 9.69 Å². The molecule has 1 aromatic carbocycles. The summed E-state index contributed by atoms with van der Waals surface area (Å²) in [5.41, 5.74) is 0.522. The van der Waals surface area contributed by atoms with E-state index in [1.54, 1.807) is 12.3 Å². The number of aromatic nitrogens is 1. The molecule has 1 amide bonds. The van der Waals surface area contributed by atoms with Gasteiger partial charge < -0.3 is 4.74 Å². The molecule has 2 aromatic rings. The summed E-state index contributed by atoms with van der Waals surface area (Å²) < 4.78 is 44.0. The van der Waals surface area contributed by atoms with Crippen molar-refractivity contribution in [1.82, 2.24) is 4.98 Å². The molecule has 0 bridgehead atoms. The maximum Gasteiger partial charge on any atom is 0.406 e. The van der Waals surface area contributed by atoms with Crippen molar-refractivity contribution in [2.75, 3.05) is 11.4 Å². The molecule has 0 aliphatic rings. The zero-order chi connectivity index (χ0) is 18.8. The van der Waals surface area contributed by atoms with Crippen LogP contribution in [0, 0.1) is 6.92 Å². The fourth-order valence-corrected chi connectivity index (χ4v) is 3.18. The minimum absolute atomic E-state index is 0.0440. The smallest absolute Gasteiger partial charge is 0.406 e. The van der Waals surface area contributed by atoms with Gasteiger partial charge in [0.25, 0.3) is 5.91 Å². The number of thiazole rings is 1. The summed E-state index contributed by atoms with van der Waals surface area (Å²) in [6.45, 7) is 1.52. The second-order valence-electron chi connectivity index (χ2n) is 5.15. The lowest BCUT2D eigenvalue weighted by atomic mass is 10.3. The minimum Gasteiger partial charge on any atom is -0.479 e. The Morgan fingerprint density at radius 2 is 2.08 bits per heavy atom. The Labute approximate surface area is 156 Å². The Balaban J connectivity index is 2.22. The lowest BCUT2D eigenvalue weighted by Crippen LogP contribution is -2.45. The summed E-state index contributed by atoms with van der Waals surface area (Å²) in [6.07, 6.45) is -5.78. The highest BCUT2D eigenvalue weighted by molar-refractivity contribution is 7.14. The van der Waals surface area contributed by atoms with E-state index in [9.17, 15) is 18.0 Å². The van der Waals surface area contributed by atoms with Crippen molar-refractivity contribution in [1.29, 1.82) is 0 Å². The molecule has 0 spiro atoms. The molecule has 1 heterocycles. The number of aryl methyl sites for hydroxylation is 1. The number of amides is 1. The standard InChI is InChI=1S/C15H13Cl2F3N2O2S/c1-8-6-25-14(21-8)22(7-15(18,19)20)13(23)9(2)24-12-4-3-10(16)5-11(12)17/h3-6,9H,7H2,1-2H3. The van der Waals surface area contributed by atoms with Gasteiger partial charge in [0, 0.05) is 10.4 Å². The van der Waals surface area contributed by atoms with Gasteiger partial charge in [-0.15, -0.1) is 11.3 Å². The van der Waals surface area contributed by atoms with E-state index in [0.717, 1.165) is 11.3 Å². The third-order valence-electron chi connectivity index (χ3n) is 2.99. The number of benzene rings is 1. The van der Waals surface area contributed by atoms with E-state index >= 15 is 0 Å². The summed E-state index contributed by atoms with van der Waals surface area (Å²) in [5.74, 6) is -0.730. The van der Waals surface area contributed by atoms with E-state index in [2.05, 4.69) is 4.98 Å². The molecule has 0 fully saturated rings. The normalized spacial score (nSPS) is 12.8. The molecular weight excluding hydrogens is 400 g/mol. The molecule has 0 aliphatic heterocycles. The number of carbonyl (C=O) groups excluding carboxylic acids is 1. The van der Waals surface area contributed by atoms with Gasteiger partial charge in [-0.25, -0.2) is 4.98 Å². The van der Waals surface area contributed by atoms with Crippen LogP contribution in [-0.2, 0) is 4.79 Å². The van der Waals surface area contributed by atoms with Crippen molar-refractivity contribution in [3.05, 3.63) is 39.3 Å². The van der Waals surface area contributed by atoms with Gasteiger partial charge >= 0.3 is 6.18 Å². The van der Waals surface area contributed by atoms with Crippen LogP contribution in [0.25, 0.3) is 0 Å². The predicted octanol–water partition coefficient (Wildman–Crippen LogP) is 5.12. The molecule has 10 heteroatoms. The molecule has 25 heavy (non-hydrogen) atoms. The molecule has 0 aliphatic carbocycles. The van der Waals surface area contributed by atoms with Crippen LogP contribution in [0.15, 0.2) is 23.6 Å². The van der Waals surface area contributed by atoms with Gasteiger partial charge in [0.15, 0.2) is 11.2 Å². The average Bonchev–Trinajstić information content (AvgIpc) is 2.92. The van der Waals surface area contributed by atoms with Crippen molar-refractivity contribution in [2.24, 2.45) is 0 Å². The second kappa shape index (κ2) is 7.80. The zero-order valence-electron chi connectivity index (χ0n) is 13.1. The van der Waals surface area contributed by atoms with Crippen LogP contribution in [0.2, 0.25) is 10.0 Å². The van der Waals surface area contributed by atoms with Gasteiger partial charge in [-0.1, -0.05) is 23.2 Å². The highest BCUT2D eigenvalue weighted by Crippen LogP contribution is 2.30. The number of hydrogen-bond donors (Lipinski definition) is 0. The van der Waals surface area contributed by atoms with Gasteiger partial charge in [0.05, 0.1) is 10.7 Å². The average molecular weight is 413 g/mol. The van der Waals surface area contributed by atoms with Crippen molar-refractivity contribution in [3.63, 3.8) is 0 Å². The minimum atomic E-state index is -4.58. The topological polar surface area (TPSA) is 42.4 Å². The van der Waals surface area contributed by atoms with E-state index in [0.29, 0.717) is 15.6 Å². The van der Waals surface area contributed by atoms with Crippen molar-refractivity contribution in [2.45, 2.75) is 26.1 Å². The summed E-state index contributed by atoms with van der Waals surface area (Å²) in [4.78, 5) is 17.0. The molecular formula is C15H13Cl2F3N2O2S. The van der Waals surface area contributed by atoms with Crippen molar-refractivity contribution in [3.8, 4) is 5.75 Å². The lowest BCUT2D eigenvalue weighted by Gasteiger charge is -2.25. The van der Waals surface area contributed by atoms with Crippen LogP contribution in [0.5, 0.6) is 5.75 Å². The Bertz CT molecular complexity index is 767. The van der Waals surface area contributed by atoms with Crippen LogP contribution in [0.3, 0.4) is 0 Å². The van der Waals surface area contributed by atoms with Gasteiger partial charge in [-0.2, -0.15) is 13.2 Å². The SMILES string of the molecule is Cc1csc(N(CC(F)(F)F)C(=O)C(C)Oc2ccc(Cl)cc2Cl)n1. The Kier molecular flexibility index (Phi) is 6.18. The second-order valence-corrected chi connectivity index (χ2v) is 6.83. The number of hydrogen-bond acceptors (Lipinski definition) is 4. The molecule has 0 N–H and O–H groups in total. The summed E-state index contributed by atoms with van der Waals surface area (Å²) in [7, 11) is 0. The maximum absolute atomic E-state index is 12.9. The largest absolute Gasteiger partial charge is 0.479 e. The van der Waals surface area contributed by atoms with E-state index in [4.69, 9.17) is 27.9 Å². The number of nitrogens with zero attached hydrogens (tertiary/aromatic N) is 2. The van der Waals surface area contributed by atoms with Gasteiger partial charge in [0.1, 0.15) is 12.3 Å². The summed E-state index contributed by atoms with van der Waals surface area (Å²) in [6, 6.07) is 4.35. The molecule has 136 valence electrons. The van der Waals surface area contributed by atoms with Crippen molar-refractivity contribution >= 4 is 45.6 Å². The van der Waals surface area contributed by atoms with Crippen LogP contribution < -0.4 is 9.64 Å². The number of anilines is 1. The summed E-state index contributed by atoms with van der Waals surface area (Å²) in [5, 5.41) is 2.04. The predicted molar refractivity (Wildman–Crippen MR) is 91.8 cm³/mol. The van der Waals surface area contributed by atoms with Crippen LogP contribution in [0.1, 0.15) is 12.6 Å². The van der Waals surface area contributed by atoms with E-state index < -0.39 is 24.7 Å². The van der Waals surface area contributed by atoms with Gasteiger partial charge in [0.2, 0.25) is 0 Å². The number of alkyl halides is 3. The van der Waals surface area contributed by atoms with E-state index in [1.807, 2.05) is 0 Å². The first kappa shape index (κ1) is 19.8. The van der Waals surface area contributed by atoms with E-state index in [-0.39, 0.29) is 15.9 Å².